The van der Waals surface area contributed by atoms with Gasteiger partial charge in [0.2, 0.25) is 0 Å². The normalized spacial score (nSPS) is 10.6. The Kier molecular flexibility index (Phi) is 3.65. The molecule has 1 heterocycles. The van der Waals surface area contributed by atoms with Crippen LogP contribution in [0, 0.1) is 16.3 Å². The molecule has 1 aromatic heterocycles. The fourth-order valence-corrected chi connectivity index (χ4v) is 2.00. The number of halogens is 2. The fourth-order valence-electron chi connectivity index (χ4n) is 1.55. The lowest BCUT2D eigenvalue weighted by molar-refractivity contribution is 0.622. The number of hydrogen-bond donors (Lipinski definition) is 1. The van der Waals surface area contributed by atoms with Crippen LogP contribution >= 0.6 is 22.6 Å². The van der Waals surface area contributed by atoms with Crippen LogP contribution < -0.4 is 11.3 Å². The van der Waals surface area contributed by atoms with Gasteiger partial charge in [0.15, 0.2) is 0 Å². The molecule has 0 aliphatic rings. The summed E-state index contributed by atoms with van der Waals surface area (Å²) in [4.78, 5) is 16.1. The molecule has 4 nitrogen and oxygen atoms in total. The summed E-state index contributed by atoms with van der Waals surface area (Å²) in [6.45, 7) is 1.98. The van der Waals surface area contributed by atoms with Gasteiger partial charge in [-0.1, -0.05) is 0 Å². The van der Waals surface area contributed by atoms with Gasteiger partial charge in [0.05, 0.1) is 22.1 Å². The largest absolute Gasteiger partial charge is 0.398 e. The molecule has 6 heteroatoms. The van der Waals surface area contributed by atoms with Crippen molar-refractivity contribution in [3.63, 3.8) is 0 Å². The molecule has 0 spiro atoms. The maximum absolute atomic E-state index is 13.1. The number of nitrogens with two attached hydrogens (primary N) is 1. The molecule has 2 aromatic rings. The summed E-state index contributed by atoms with van der Waals surface area (Å²) in [5.41, 5.74) is 7.31. The number of nitrogens with zero attached hydrogens (tertiary/aromatic N) is 2. The lowest BCUT2D eigenvalue weighted by Crippen LogP contribution is -2.24. The molecule has 2 rings (SSSR count). The lowest BCUT2D eigenvalue weighted by atomic mass is 10.2. The van der Waals surface area contributed by atoms with Crippen LogP contribution in [0.2, 0.25) is 0 Å². The zero-order valence-electron chi connectivity index (χ0n) is 9.65. The van der Waals surface area contributed by atoms with Crippen molar-refractivity contribution in [1.82, 2.24) is 9.55 Å². The molecule has 1 aromatic carbocycles. The smallest absolute Gasteiger partial charge is 0.267 e. The molecule has 0 radical (unpaired) electrons. The number of benzene rings is 1. The fraction of sp³-hybridized carbons (Fsp3) is 0.167. The van der Waals surface area contributed by atoms with E-state index >= 15 is 0 Å². The first-order valence-electron chi connectivity index (χ1n) is 5.24. The van der Waals surface area contributed by atoms with Gasteiger partial charge >= 0.3 is 0 Å². The summed E-state index contributed by atoms with van der Waals surface area (Å²) in [5, 5.41) is 0. The van der Waals surface area contributed by atoms with E-state index in [4.69, 9.17) is 5.73 Å². The Bertz CT molecular complexity index is 654. The minimum atomic E-state index is -0.373. The van der Waals surface area contributed by atoms with E-state index in [1.807, 2.05) is 22.6 Å². The van der Waals surface area contributed by atoms with E-state index in [1.54, 1.807) is 6.92 Å². The van der Waals surface area contributed by atoms with Crippen molar-refractivity contribution in [3.05, 3.63) is 55.5 Å². The first kappa shape index (κ1) is 13.0. The zero-order valence-corrected chi connectivity index (χ0v) is 11.8. The third-order valence-electron chi connectivity index (χ3n) is 2.60. The molecular formula is C12H11FIN3O. The molecule has 0 bridgehead atoms. The molecule has 18 heavy (non-hydrogen) atoms. The van der Waals surface area contributed by atoms with Gasteiger partial charge in [-0.2, -0.15) is 0 Å². The molecule has 0 saturated carbocycles. The van der Waals surface area contributed by atoms with E-state index in [0.717, 1.165) is 0 Å². The van der Waals surface area contributed by atoms with Crippen molar-refractivity contribution in [2.45, 2.75) is 13.5 Å². The number of nitrogen functional groups attached to an aromatic ring is 1. The summed E-state index contributed by atoms with van der Waals surface area (Å²) in [6.07, 6.45) is 1.45. The van der Waals surface area contributed by atoms with E-state index in [-0.39, 0.29) is 17.9 Å². The maximum Gasteiger partial charge on any atom is 0.267 e. The Balaban J connectivity index is 2.44. The van der Waals surface area contributed by atoms with Crippen LogP contribution in [0.15, 0.2) is 29.3 Å². The first-order chi connectivity index (χ1) is 8.49. The molecule has 0 fully saturated rings. The summed E-state index contributed by atoms with van der Waals surface area (Å²) in [7, 11) is 0. The Morgan fingerprint density at radius 1 is 1.50 bits per heavy atom. The summed E-state index contributed by atoms with van der Waals surface area (Å²) >= 11 is 1.95. The van der Waals surface area contributed by atoms with Crippen LogP contribution in [0.4, 0.5) is 10.1 Å². The lowest BCUT2D eigenvalue weighted by Gasteiger charge is -2.09. The average molecular weight is 359 g/mol. The quantitative estimate of drug-likeness (QED) is 0.659. The van der Waals surface area contributed by atoms with Gasteiger partial charge in [-0.25, -0.2) is 9.37 Å². The van der Waals surface area contributed by atoms with Crippen molar-refractivity contribution in [2.75, 3.05) is 5.73 Å². The molecule has 0 amide bonds. The highest BCUT2D eigenvalue weighted by Crippen LogP contribution is 2.14. The summed E-state index contributed by atoms with van der Waals surface area (Å²) in [5.74, 6) is -0.373. The monoisotopic (exact) mass is 359 g/mol. The van der Waals surface area contributed by atoms with E-state index in [2.05, 4.69) is 4.98 Å². The van der Waals surface area contributed by atoms with Crippen LogP contribution in [0.3, 0.4) is 0 Å². The average Bonchev–Trinajstić information content (AvgIpc) is 2.34. The highest BCUT2D eigenvalue weighted by molar-refractivity contribution is 14.1. The van der Waals surface area contributed by atoms with Gasteiger partial charge in [0.25, 0.3) is 5.56 Å². The second-order valence-electron chi connectivity index (χ2n) is 3.92. The van der Waals surface area contributed by atoms with Gasteiger partial charge in [0.1, 0.15) is 5.82 Å². The molecule has 0 aliphatic heterocycles. The standard InChI is InChI=1S/C12H11FIN3O/c1-7-11(14)12(18)17(6-16-7)5-8-4-9(13)2-3-10(8)15/h2-4,6H,5,15H2,1H3. The highest BCUT2D eigenvalue weighted by Gasteiger charge is 2.08. The summed E-state index contributed by atoms with van der Waals surface area (Å²) < 4.78 is 15.1. The Morgan fingerprint density at radius 3 is 2.94 bits per heavy atom. The minimum absolute atomic E-state index is 0.147. The number of aromatic nitrogens is 2. The molecule has 0 aliphatic carbocycles. The third-order valence-corrected chi connectivity index (χ3v) is 3.84. The molecule has 94 valence electrons. The predicted octanol–water partition coefficient (Wildman–Crippen LogP) is 1.93. The van der Waals surface area contributed by atoms with Gasteiger partial charge in [0, 0.05) is 5.69 Å². The number of rotatable bonds is 2. The second-order valence-corrected chi connectivity index (χ2v) is 5.00. The molecule has 0 unspecified atom stereocenters. The number of aryl methyl sites for hydroxylation is 1. The van der Waals surface area contributed by atoms with Crippen molar-refractivity contribution in [1.29, 1.82) is 0 Å². The first-order valence-corrected chi connectivity index (χ1v) is 6.32. The van der Waals surface area contributed by atoms with Crippen LogP contribution in [-0.4, -0.2) is 9.55 Å². The van der Waals surface area contributed by atoms with Crippen molar-refractivity contribution in [2.24, 2.45) is 0 Å². The zero-order chi connectivity index (χ0) is 13.3. The number of anilines is 1. The molecular weight excluding hydrogens is 348 g/mol. The van der Waals surface area contributed by atoms with Crippen molar-refractivity contribution in [3.8, 4) is 0 Å². The molecule has 0 atom stereocenters. The second kappa shape index (κ2) is 5.05. The van der Waals surface area contributed by atoms with Gasteiger partial charge in [-0.3, -0.25) is 9.36 Å². The van der Waals surface area contributed by atoms with E-state index in [9.17, 15) is 9.18 Å². The van der Waals surface area contributed by atoms with Crippen LogP contribution in [0.5, 0.6) is 0 Å². The Hall–Kier alpha value is -1.44. The Labute approximate surface area is 117 Å². The van der Waals surface area contributed by atoms with Gasteiger partial charge in [-0.15, -0.1) is 0 Å². The van der Waals surface area contributed by atoms with Crippen LogP contribution in [-0.2, 0) is 6.54 Å². The van der Waals surface area contributed by atoms with E-state index < -0.39 is 0 Å². The molecule has 2 N–H and O–H groups in total. The Morgan fingerprint density at radius 2 is 2.22 bits per heavy atom. The van der Waals surface area contributed by atoms with E-state index in [0.29, 0.717) is 20.5 Å². The van der Waals surface area contributed by atoms with Crippen LogP contribution in [0.25, 0.3) is 0 Å². The molecule has 0 saturated heterocycles. The maximum atomic E-state index is 13.1. The SMILES string of the molecule is Cc1ncn(Cc2cc(F)ccc2N)c(=O)c1I. The summed E-state index contributed by atoms with van der Waals surface area (Å²) in [6, 6.07) is 4.11. The van der Waals surface area contributed by atoms with Crippen LogP contribution in [0.1, 0.15) is 11.3 Å². The number of hydrogen-bond acceptors (Lipinski definition) is 3. The highest BCUT2D eigenvalue weighted by atomic mass is 127. The third kappa shape index (κ3) is 2.53. The van der Waals surface area contributed by atoms with Crippen molar-refractivity contribution >= 4 is 28.3 Å². The topological polar surface area (TPSA) is 60.9 Å². The van der Waals surface area contributed by atoms with Gasteiger partial charge < -0.3 is 5.73 Å². The predicted molar refractivity (Wildman–Crippen MR) is 75.9 cm³/mol. The van der Waals surface area contributed by atoms with Crippen molar-refractivity contribution < 1.29 is 4.39 Å². The minimum Gasteiger partial charge on any atom is -0.398 e. The van der Waals surface area contributed by atoms with Gasteiger partial charge in [-0.05, 0) is 53.3 Å². The van der Waals surface area contributed by atoms with E-state index in [1.165, 1.54) is 29.1 Å².